The lowest BCUT2D eigenvalue weighted by Gasteiger charge is -2.10. The van der Waals surface area contributed by atoms with Crippen molar-refractivity contribution < 1.29 is 28.1 Å². The van der Waals surface area contributed by atoms with Crippen molar-refractivity contribution in [1.29, 1.82) is 0 Å². The van der Waals surface area contributed by atoms with Crippen molar-refractivity contribution in [2.24, 2.45) is 5.73 Å². The van der Waals surface area contributed by atoms with E-state index in [2.05, 4.69) is 4.74 Å². The molecule has 2 N–H and O–H groups in total. The number of halogens is 1. The molecule has 0 fully saturated rings. The molecule has 6 nitrogen and oxygen atoms in total. The zero-order chi connectivity index (χ0) is 18.3. The average molecular weight is 375 g/mol. The molecule has 0 saturated heterocycles. The molecule has 1 rings (SSSR count). The minimum Gasteiger partial charge on any atom is -0.491 e. The Balaban J connectivity index is 2.18. The fraction of sp³-hybridized carbons (Fsp3) is 0.588. The summed E-state index contributed by atoms with van der Waals surface area (Å²) in [6.07, 6.45) is 0. The molecule has 0 saturated carbocycles. The van der Waals surface area contributed by atoms with Gasteiger partial charge in [0.2, 0.25) is 0 Å². The normalized spacial score (nSPS) is 12.0. The van der Waals surface area contributed by atoms with E-state index in [4.69, 9.17) is 19.9 Å². The van der Waals surface area contributed by atoms with Gasteiger partial charge in [0.1, 0.15) is 25.1 Å². The van der Waals surface area contributed by atoms with Crippen LogP contribution in [0.2, 0.25) is 0 Å². The quantitative estimate of drug-likeness (QED) is 0.392. The topological polar surface area (TPSA) is 80.0 Å². The summed E-state index contributed by atoms with van der Waals surface area (Å²) in [7, 11) is 1.33. The highest BCUT2D eigenvalue weighted by Crippen LogP contribution is 2.18. The Morgan fingerprint density at radius 1 is 1.20 bits per heavy atom. The fourth-order valence-electron chi connectivity index (χ4n) is 1.84. The van der Waals surface area contributed by atoms with Crippen molar-refractivity contribution >= 4 is 17.7 Å². The maximum absolute atomic E-state index is 11.8. The van der Waals surface area contributed by atoms with Crippen molar-refractivity contribution in [3.05, 3.63) is 29.8 Å². The van der Waals surface area contributed by atoms with Gasteiger partial charge >= 0.3 is 5.97 Å². The highest BCUT2D eigenvalue weighted by atomic mass is 32.2. The summed E-state index contributed by atoms with van der Waals surface area (Å²) in [5, 5.41) is 0. The van der Waals surface area contributed by atoms with E-state index in [-0.39, 0.29) is 6.61 Å². The van der Waals surface area contributed by atoms with Gasteiger partial charge in [0, 0.05) is 11.5 Å². The average Bonchev–Trinajstić information content (AvgIpc) is 2.63. The highest BCUT2D eigenvalue weighted by Gasteiger charge is 2.13. The summed E-state index contributed by atoms with van der Waals surface area (Å²) >= 11 is 1.56. The van der Waals surface area contributed by atoms with Gasteiger partial charge in [-0.05, 0) is 17.7 Å². The van der Waals surface area contributed by atoms with Gasteiger partial charge in [-0.1, -0.05) is 12.1 Å². The maximum atomic E-state index is 11.8. The van der Waals surface area contributed by atoms with Crippen LogP contribution in [0.25, 0.3) is 0 Å². The van der Waals surface area contributed by atoms with Crippen molar-refractivity contribution in [3.8, 4) is 5.75 Å². The molecule has 0 radical (unpaired) electrons. The number of esters is 1. The lowest BCUT2D eigenvalue weighted by molar-refractivity contribution is -0.141. The molecule has 0 spiro atoms. The van der Waals surface area contributed by atoms with Crippen molar-refractivity contribution in [2.75, 3.05) is 52.6 Å². The maximum Gasteiger partial charge on any atom is 0.323 e. The third-order valence-corrected chi connectivity index (χ3v) is 4.19. The number of thioether (sulfide) groups is 1. The molecule has 0 bridgehead atoms. The molecule has 8 heteroatoms. The van der Waals surface area contributed by atoms with Crippen LogP contribution >= 0.6 is 11.8 Å². The van der Waals surface area contributed by atoms with E-state index in [1.54, 1.807) is 11.8 Å². The van der Waals surface area contributed by atoms with Crippen LogP contribution in [-0.4, -0.2) is 64.6 Å². The van der Waals surface area contributed by atoms with E-state index in [9.17, 15) is 9.18 Å². The first-order chi connectivity index (χ1) is 12.2. The number of benzene rings is 1. The van der Waals surface area contributed by atoms with Crippen LogP contribution in [0.3, 0.4) is 0 Å². The number of carbonyl (C=O) groups excluding carboxylic acids is 1. The minimum absolute atomic E-state index is 0.106. The van der Waals surface area contributed by atoms with E-state index >= 15 is 0 Å². The van der Waals surface area contributed by atoms with E-state index in [1.165, 1.54) is 7.11 Å². The summed E-state index contributed by atoms with van der Waals surface area (Å²) < 4.78 is 32.3. The Morgan fingerprint density at radius 3 is 2.64 bits per heavy atom. The van der Waals surface area contributed by atoms with Crippen LogP contribution in [0.4, 0.5) is 4.39 Å². The van der Waals surface area contributed by atoms with E-state index in [0.29, 0.717) is 32.2 Å². The Kier molecular flexibility index (Phi) is 12.0. The molecule has 1 aromatic rings. The number of hydrogen-bond donors (Lipinski definition) is 1. The van der Waals surface area contributed by atoms with Crippen LogP contribution < -0.4 is 10.5 Å². The lowest BCUT2D eigenvalue weighted by atomic mass is 10.2. The molecular formula is C17H26FNO5S. The van der Waals surface area contributed by atoms with Gasteiger partial charge in [0.15, 0.2) is 0 Å². The van der Waals surface area contributed by atoms with Crippen LogP contribution in [0.15, 0.2) is 24.3 Å². The van der Waals surface area contributed by atoms with Crippen LogP contribution in [0, 0.1) is 0 Å². The number of hydrogen-bond acceptors (Lipinski definition) is 7. The SMILES string of the molecule is COC(=O)C(N)CSCc1cccc(OCCOCCOCCF)c1. The van der Waals surface area contributed by atoms with Crippen LogP contribution in [-0.2, 0) is 24.8 Å². The Morgan fingerprint density at radius 2 is 1.92 bits per heavy atom. The number of carbonyl (C=O) groups is 1. The summed E-state index contributed by atoms with van der Waals surface area (Å²) in [5.74, 6) is 1.58. The van der Waals surface area contributed by atoms with Gasteiger partial charge in [-0.2, -0.15) is 11.8 Å². The summed E-state index contributed by atoms with van der Waals surface area (Å²) in [6, 6.07) is 7.11. The molecule has 0 aromatic heterocycles. The Labute approximate surface area is 152 Å². The molecule has 142 valence electrons. The zero-order valence-electron chi connectivity index (χ0n) is 14.4. The van der Waals surface area contributed by atoms with Gasteiger partial charge in [0.25, 0.3) is 0 Å². The molecule has 0 amide bonds. The monoisotopic (exact) mass is 375 g/mol. The Bertz CT molecular complexity index is 492. The van der Waals surface area contributed by atoms with E-state index in [0.717, 1.165) is 17.1 Å². The molecule has 1 atom stereocenters. The van der Waals surface area contributed by atoms with Crippen molar-refractivity contribution in [1.82, 2.24) is 0 Å². The smallest absolute Gasteiger partial charge is 0.323 e. The number of ether oxygens (including phenoxy) is 4. The van der Waals surface area contributed by atoms with Gasteiger partial charge < -0.3 is 24.7 Å². The highest BCUT2D eigenvalue weighted by molar-refractivity contribution is 7.98. The summed E-state index contributed by atoms with van der Waals surface area (Å²) in [6.45, 7) is 1.28. The molecule has 1 aromatic carbocycles. The van der Waals surface area contributed by atoms with Crippen LogP contribution in [0.1, 0.15) is 5.56 Å². The van der Waals surface area contributed by atoms with E-state index < -0.39 is 18.7 Å². The molecule has 0 aliphatic carbocycles. The third-order valence-electron chi connectivity index (χ3n) is 3.06. The number of alkyl halides is 1. The number of rotatable bonds is 14. The summed E-state index contributed by atoms with van der Waals surface area (Å²) in [4.78, 5) is 11.2. The third kappa shape index (κ3) is 10.3. The van der Waals surface area contributed by atoms with Gasteiger partial charge in [0.05, 0.1) is 33.5 Å². The minimum atomic E-state index is -0.611. The first kappa shape index (κ1) is 21.7. The molecule has 1 unspecified atom stereocenters. The van der Waals surface area contributed by atoms with Gasteiger partial charge in [-0.15, -0.1) is 0 Å². The number of methoxy groups -OCH3 is 1. The predicted molar refractivity (Wildman–Crippen MR) is 95.7 cm³/mol. The van der Waals surface area contributed by atoms with Crippen molar-refractivity contribution in [3.63, 3.8) is 0 Å². The molecule has 0 aliphatic rings. The van der Waals surface area contributed by atoms with Crippen LogP contribution in [0.5, 0.6) is 5.75 Å². The van der Waals surface area contributed by atoms with Gasteiger partial charge in [-0.25, -0.2) is 4.39 Å². The largest absolute Gasteiger partial charge is 0.491 e. The molecule has 0 aliphatic heterocycles. The van der Waals surface area contributed by atoms with Gasteiger partial charge in [-0.3, -0.25) is 4.79 Å². The molecular weight excluding hydrogens is 349 g/mol. The first-order valence-electron chi connectivity index (χ1n) is 8.01. The predicted octanol–water partition coefficient (Wildman–Crippen LogP) is 1.80. The second-order valence-electron chi connectivity index (χ2n) is 5.05. The molecule has 25 heavy (non-hydrogen) atoms. The fourth-order valence-corrected chi connectivity index (χ4v) is 2.77. The Hall–Kier alpha value is -1.35. The van der Waals surface area contributed by atoms with Crippen molar-refractivity contribution in [2.45, 2.75) is 11.8 Å². The lowest BCUT2D eigenvalue weighted by Crippen LogP contribution is -2.33. The number of nitrogens with two attached hydrogens (primary N) is 1. The summed E-state index contributed by atoms with van der Waals surface area (Å²) in [5.41, 5.74) is 6.78. The second kappa shape index (κ2) is 13.9. The first-order valence-corrected chi connectivity index (χ1v) is 9.17. The van der Waals surface area contributed by atoms with E-state index in [1.807, 2.05) is 24.3 Å². The zero-order valence-corrected chi connectivity index (χ0v) is 15.3. The standard InChI is InChI=1S/C17H26FNO5S/c1-21-17(20)16(19)13-25-12-14-3-2-4-15(11-14)24-10-9-23-8-7-22-6-5-18/h2-4,11,16H,5-10,12-13,19H2,1H3. The molecule has 0 heterocycles. The second-order valence-corrected chi connectivity index (χ2v) is 6.08.